The summed E-state index contributed by atoms with van der Waals surface area (Å²) >= 11 is 7.83. The van der Waals surface area contributed by atoms with Crippen LogP contribution in [0.5, 0.6) is 0 Å². The summed E-state index contributed by atoms with van der Waals surface area (Å²) in [7, 11) is 0. The van der Waals surface area contributed by atoms with Gasteiger partial charge in [0, 0.05) is 17.1 Å². The van der Waals surface area contributed by atoms with E-state index in [0.29, 0.717) is 0 Å². The first-order valence-electron chi connectivity index (χ1n) is 6.17. The Bertz CT molecular complexity index is 533. The van der Waals surface area contributed by atoms with Crippen molar-refractivity contribution in [3.8, 4) is 0 Å². The average Bonchev–Trinajstić information content (AvgIpc) is 2.43. The topological polar surface area (TPSA) is 51.8 Å². The highest BCUT2D eigenvalue weighted by Gasteiger charge is 2.07. The van der Waals surface area contributed by atoms with Gasteiger partial charge in [-0.3, -0.25) is 0 Å². The Morgan fingerprint density at radius 3 is 2.84 bits per heavy atom. The Morgan fingerprint density at radius 2 is 2.21 bits per heavy atom. The minimum atomic E-state index is 0.191. The molecule has 3 nitrogen and oxygen atoms in total. The van der Waals surface area contributed by atoms with E-state index in [1.54, 1.807) is 6.20 Å². The van der Waals surface area contributed by atoms with Crippen LogP contribution in [-0.2, 0) is 6.42 Å². The maximum absolute atomic E-state index is 6.30. The molecule has 0 aliphatic carbocycles. The maximum Gasteiger partial charge on any atom is 0.116 e. The lowest BCUT2D eigenvalue weighted by atomic mass is 10.1. The first kappa shape index (κ1) is 14.3. The van der Waals surface area contributed by atoms with E-state index in [2.05, 4.69) is 23.0 Å². The third-order valence-electron chi connectivity index (χ3n) is 2.79. The van der Waals surface area contributed by atoms with Gasteiger partial charge in [-0.05, 0) is 36.6 Å². The zero-order chi connectivity index (χ0) is 13.7. The van der Waals surface area contributed by atoms with Crippen molar-refractivity contribution in [1.82, 2.24) is 9.97 Å². The van der Waals surface area contributed by atoms with Gasteiger partial charge in [0.1, 0.15) is 11.4 Å². The van der Waals surface area contributed by atoms with Crippen molar-refractivity contribution >= 4 is 23.4 Å². The summed E-state index contributed by atoms with van der Waals surface area (Å²) in [6, 6.07) is 8.14. The van der Waals surface area contributed by atoms with Gasteiger partial charge in [0.15, 0.2) is 0 Å². The molecule has 2 N–H and O–H groups in total. The molecule has 2 aromatic rings. The molecule has 0 aliphatic heterocycles. The molecule has 0 radical (unpaired) electrons. The minimum absolute atomic E-state index is 0.191. The molecule has 1 atom stereocenters. The molecule has 0 saturated carbocycles. The lowest BCUT2D eigenvalue weighted by Crippen LogP contribution is -2.21. The summed E-state index contributed by atoms with van der Waals surface area (Å²) in [5.74, 6) is 0. The van der Waals surface area contributed by atoms with Gasteiger partial charge in [-0.2, -0.15) is 0 Å². The van der Waals surface area contributed by atoms with Gasteiger partial charge in [0.05, 0.1) is 5.02 Å². The molecule has 19 heavy (non-hydrogen) atoms. The molecule has 100 valence electrons. The molecule has 1 heterocycles. The van der Waals surface area contributed by atoms with Crippen molar-refractivity contribution in [2.24, 2.45) is 5.73 Å². The van der Waals surface area contributed by atoms with E-state index in [4.69, 9.17) is 17.3 Å². The van der Waals surface area contributed by atoms with Gasteiger partial charge in [-0.25, -0.2) is 9.97 Å². The van der Waals surface area contributed by atoms with Crippen molar-refractivity contribution in [2.75, 3.05) is 0 Å². The van der Waals surface area contributed by atoms with Crippen LogP contribution < -0.4 is 5.73 Å². The molecular formula is C14H16ClN3S. The molecule has 2 rings (SSSR count). The molecule has 0 aliphatic rings. The molecule has 0 bridgehead atoms. The van der Waals surface area contributed by atoms with Crippen LogP contribution in [0.3, 0.4) is 0 Å². The van der Waals surface area contributed by atoms with Gasteiger partial charge in [0.2, 0.25) is 0 Å². The van der Waals surface area contributed by atoms with E-state index in [9.17, 15) is 0 Å². The van der Waals surface area contributed by atoms with Gasteiger partial charge in [0.25, 0.3) is 0 Å². The second kappa shape index (κ2) is 6.89. The van der Waals surface area contributed by atoms with Crippen molar-refractivity contribution < 1.29 is 0 Å². The zero-order valence-electron chi connectivity index (χ0n) is 10.7. The highest BCUT2D eigenvalue weighted by Crippen LogP contribution is 2.32. The van der Waals surface area contributed by atoms with Crippen molar-refractivity contribution in [2.45, 2.75) is 35.7 Å². The summed E-state index contributed by atoms with van der Waals surface area (Å²) in [4.78, 5) is 9.06. The number of rotatable bonds is 5. The normalized spacial score (nSPS) is 12.4. The second-order valence-electron chi connectivity index (χ2n) is 4.29. The van der Waals surface area contributed by atoms with Crippen LogP contribution in [-0.4, -0.2) is 16.0 Å². The van der Waals surface area contributed by atoms with E-state index in [1.807, 2.05) is 18.2 Å². The third-order valence-corrected chi connectivity index (χ3v) is 4.24. The van der Waals surface area contributed by atoms with E-state index in [-0.39, 0.29) is 6.04 Å². The van der Waals surface area contributed by atoms with Gasteiger partial charge in [-0.15, -0.1) is 0 Å². The molecule has 1 aromatic carbocycles. The Labute approximate surface area is 122 Å². The van der Waals surface area contributed by atoms with Crippen LogP contribution in [0.1, 0.15) is 18.9 Å². The predicted octanol–water partition coefficient (Wildman–Crippen LogP) is 3.56. The molecule has 0 saturated heterocycles. The number of benzene rings is 1. The predicted molar refractivity (Wildman–Crippen MR) is 79.6 cm³/mol. The number of aromatic nitrogens is 2. The second-order valence-corrected chi connectivity index (χ2v) is 5.76. The summed E-state index contributed by atoms with van der Waals surface area (Å²) in [5, 5.41) is 1.62. The lowest BCUT2D eigenvalue weighted by molar-refractivity contribution is 0.646. The Hall–Kier alpha value is -1.10. The number of hydrogen-bond donors (Lipinski definition) is 1. The van der Waals surface area contributed by atoms with Crippen LogP contribution in [0.25, 0.3) is 0 Å². The summed E-state index contributed by atoms with van der Waals surface area (Å²) in [6.45, 7) is 2.09. The van der Waals surface area contributed by atoms with Crippen LogP contribution in [0.4, 0.5) is 0 Å². The van der Waals surface area contributed by atoms with Gasteiger partial charge >= 0.3 is 0 Å². The van der Waals surface area contributed by atoms with Crippen molar-refractivity contribution in [3.05, 3.63) is 47.4 Å². The molecule has 5 heteroatoms. The minimum Gasteiger partial charge on any atom is -0.327 e. The maximum atomic E-state index is 6.30. The van der Waals surface area contributed by atoms with Gasteiger partial charge < -0.3 is 5.73 Å². The number of hydrogen-bond acceptors (Lipinski definition) is 4. The van der Waals surface area contributed by atoms with Crippen LogP contribution in [0.2, 0.25) is 5.02 Å². The van der Waals surface area contributed by atoms with Crippen LogP contribution in [0.15, 0.2) is 46.7 Å². The fourth-order valence-corrected chi connectivity index (χ4v) is 2.72. The number of nitrogens with two attached hydrogens (primary N) is 1. The average molecular weight is 294 g/mol. The van der Waals surface area contributed by atoms with Gasteiger partial charge in [-0.1, -0.05) is 36.4 Å². The first-order chi connectivity index (χ1) is 9.19. The monoisotopic (exact) mass is 293 g/mol. The molecule has 1 unspecified atom stereocenters. The molecule has 0 spiro atoms. The molecular weight excluding hydrogens is 278 g/mol. The standard InChI is InChI=1S/C14H16ClN3S/c1-2-11(16)7-10-3-4-13(12(15)8-10)19-14-5-6-17-9-18-14/h3-6,8-9,11H,2,7,16H2,1H3. The quantitative estimate of drug-likeness (QED) is 0.857. The Kier molecular flexibility index (Phi) is 5.19. The smallest absolute Gasteiger partial charge is 0.116 e. The Morgan fingerprint density at radius 1 is 1.37 bits per heavy atom. The largest absolute Gasteiger partial charge is 0.327 e. The summed E-state index contributed by atoms with van der Waals surface area (Å²) in [6.07, 6.45) is 5.08. The zero-order valence-corrected chi connectivity index (χ0v) is 12.3. The highest BCUT2D eigenvalue weighted by molar-refractivity contribution is 7.99. The number of halogens is 1. The van der Waals surface area contributed by atoms with Crippen molar-refractivity contribution in [1.29, 1.82) is 0 Å². The third kappa shape index (κ3) is 4.20. The summed E-state index contributed by atoms with van der Waals surface area (Å²) in [5.41, 5.74) is 7.12. The highest BCUT2D eigenvalue weighted by atomic mass is 35.5. The first-order valence-corrected chi connectivity index (χ1v) is 7.36. The fourth-order valence-electron chi connectivity index (χ4n) is 1.65. The Balaban J connectivity index is 2.11. The van der Waals surface area contributed by atoms with E-state index in [0.717, 1.165) is 27.8 Å². The lowest BCUT2D eigenvalue weighted by Gasteiger charge is -2.10. The van der Waals surface area contributed by atoms with E-state index in [1.165, 1.54) is 23.7 Å². The molecule has 0 amide bonds. The van der Waals surface area contributed by atoms with Crippen LogP contribution >= 0.6 is 23.4 Å². The molecule has 0 fully saturated rings. The molecule has 1 aromatic heterocycles. The number of nitrogens with zero attached hydrogens (tertiary/aromatic N) is 2. The van der Waals surface area contributed by atoms with E-state index >= 15 is 0 Å². The fraction of sp³-hybridized carbons (Fsp3) is 0.286. The van der Waals surface area contributed by atoms with Crippen LogP contribution in [0, 0.1) is 0 Å². The van der Waals surface area contributed by atoms with E-state index < -0.39 is 0 Å². The SMILES string of the molecule is CCC(N)Cc1ccc(Sc2ccncn2)c(Cl)c1. The van der Waals surface area contributed by atoms with Crippen molar-refractivity contribution in [3.63, 3.8) is 0 Å². The summed E-state index contributed by atoms with van der Waals surface area (Å²) < 4.78 is 0.